The molecule has 1 N–H and O–H groups in total. The molecule has 6 unspecified atom stereocenters. The molecule has 0 saturated heterocycles. The third-order valence-corrected chi connectivity index (χ3v) is 10.8. The maximum Gasteiger partial charge on any atom is -0.00519 e. The summed E-state index contributed by atoms with van der Waals surface area (Å²) in [6.07, 6.45) is 19.7. The molecule has 1 nitrogen and oxygen atoms in total. The second kappa shape index (κ2) is 7.09. The SMILES string of the molecule is CNCCCC[C@H]1CCC2(C)C3CCC4CCCCC4(C)C3CCC12C. The topological polar surface area (TPSA) is 12.0 Å². The number of hydrogen-bond acceptors (Lipinski definition) is 1. The molecule has 0 aromatic rings. The summed E-state index contributed by atoms with van der Waals surface area (Å²) < 4.78 is 0. The number of hydrogen-bond donors (Lipinski definition) is 1. The Bertz CT molecular complexity index is 500. The van der Waals surface area contributed by atoms with Crippen LogP contribution in [0.1, 0.15) is 104 Å². The van der Waals surface area contributed by atoms with Crippen molar-refractivity contribution in [3.63, 3.8) is 0 Å². The predicted octanol–water partition coefficient (Wildman–Crippen LogP) is 6.82. The Morgan fingerprint density at radius 3 is 2.38 bits per heavy atom. The molecule has 4 rings (SSSR count). The van der Waals surface area contributed by atoms with E-state index < -0.39 is 0 Å². The number of rotatable bonds is 5. The Morgan fingerprint density at radius 2 is 1.58 bits per heavy atom. The van der Waals surface area contributed by atoms with E-state index in [-0.39, 0.29) is 0 Å². The fraction of sp³-hybridized carbons (Fsp3) is 1.00. The van der Waals surface area contributed by atoms with Gasteiger partial charge in [0.05, 0.1) is 0 Å². The molecule has 4 saturated carbocycles. The van der Waals surface area contributed by atoms with Crippen molar-refractivity contribution in [3.05, 3.63) is 0 Å². The van der Waals surface area contributed by atoms with Gasteiger partial charge in [-0.2, -0.15) is 0 Å². The Morgan fingerprint density at radius 1 is 0.769 bits per heavy atom. The van der Waals surface area contributed by atoms with E-state index in [4.69, 9.17) is 0 Å². The molecular weight excluding hydrogens is 314 g/mol. The van der Waals surface area contributed by atoms with Crippen molar-refractivity contribution in [2.75, 3.05) is 13.6 Å². The lowest BCUT2D eigenvalue weighted by molar-refractivity contribution is -0.153. The standard InChI is InChI=1S/C25H45N/c1-23-15-7-5-9-19(23)11-12-22-21(23)14-17-24(2)20(10-6-8-18-26-4)13-16-25(22,24)3/h19-22,26H,5-18H2,1-4H3/t19?,20-,21?,22?,23?,24?,25?/m0/s1. The van der Waals surface area contributed by atoms with Crippen molar-refractivity contribution >= 4 is 0 Å². The van der Waals surface area contributed by atoms with Crippen LogP contribution >= 0.6 is 0 Å². The Kier molecular flexibility index (Phi) is 5.26. The summed E-state index contributed by atoms with van der Waals surface area (Å²) in [7, 11) is 2.09. The smallest absolute Gasteiger partial charge is 0.00519 e. The molecule has 0 heterocycles. The van der Waals surface area contributed by atoms with E-state index in [0.717, 1.165) is 23.7 Å². The molecule has 0 aliphatic heterocycles. The Hall–Kier alpha value is -0.0400. The summed E-state index contributed by atoms with van der Waals surface area (Å²) in [6.45, 7) is 9.41. The van der Waals surface area contributed by atoms with Gasteiger partial charge in [0.2, 0.25) is 0 Å². The van der Waals surface area contributed by atoms with E-state index in [1.165, 1.54) is 57.9 Å². The van der Waals surface area contributed by atoms with Gasteiger partial charge in [-0.05, 0) is 118 Å². The van der Waals surface area contributed by atoms with Crippen molar-refractivity contribution < 1.29 is 0 Å². The first-order chi connectivity index (χ1) is 12.5. The van der Waals surface area contributed by atoms with Gasteiger partial charge in [0, 0.05) is 0 Å². The van der Waals surface area contributed by atoms with Crippen LogP contribution in [0, 0.1) is 39.9 Å². The minimum absolute atomic E-state index is 0.631. The highest BCUT2D eigenvalue weighted by Crippen LogP contribution is 2.73. The highest BCUT2D eigenvalue weighted by Gasteiger charge is 2.64. The van der Waals surface area contributed by atoms with Gasteiger partial charge in [-0.25, -0.2) is 0 Å². The molecule has 26 heavy (non-hydrogen) atoms. The molecule has 150 valence electrons. The van der Waals surface area contributed by atoms with Crippen LogP contribution in [-0.2, 0) is 0 Å². The number of unbranched alkanes of at least 4 members (excludes halogenated alkanes) is 1. The van der Waals surface area contributed by atoms with Crippen LogP contribution in [0.2, 0.25) is 0 Å². The number of nitrogens with one attached hydrogen (secondary N) is 1. The van der Waals surface area contributed by atoms with E-state index in [2.05, 4.69) is 33.1 Å². The van der Waals surface area contributed by atoms with Gasteiger partial charge < -0.3 is 5.32 Å². The number of fused-ring (bicyclic) bond motifs is 5. The minimum atomic E-state index is 0.631. The maximum atomic E-state index is 3.33. The van der Waals surface area contributed by atoms with Crippen LogP contribution in [0.5, 0.6) is 0 Å². The van der Waals surface area contributed by atoms with Crippen molar-refractivity contribution in [1.29, 1.82) is 0 Å². The molecule has 1 heteroatoms. The Balaban J connectivity index is 1.52. The summed E-state index contributed by atoms with van der Waals surface area (Å²) in [4.78, 5) is 0. The van der Waals surface area contributed by atoms with Crippen molar-refractivity contribution in [2.24, 2.45) is 39.9 Å². The molecule has 0 aromatic heterocycles. The lowest BCUT2D eigenvalue weighted by Gasteiger charge is -2.64. The largest absolute Gasteiger partial charge is 0.320 e. The third-order valence-electron chi connectivity index (χ3n) is 10.8. The molecule has 0 amide bonds. The van der Waals surface area contributed by atoms with Crippen LogP contribution in [0.15, 0.2) is 0 Å². The first-order valence-electron chi connectivity index (χ1n) is 12.1. The summed E-state index contributed by atoms with van der Waals surface area (Å²) in [5.74, 6) is 4.14. The van der Waals surface area contributed by atoms with Crippen molar-refractivity contribution in [3.8, 4) is 0 Å². The maximum absolute atomic E-state index is 3.33. The van der Waals surface area contributed by atoms with E-state index in [0.29, 0.717) is 16.2 Å². The lowest BCUT2D eigenvalue weighted by atomic mass is 9.40. The zero-order valence-electron chi connectivity index (χ0n) is 18.2. The van der Waals surface area contributed by atoms with Crippen LogP contribution in [-0.4, -0.2) is 13.6 Å². The van der Waals surface area contributed by atoms with Crippen LogP contribution in [0.4, 0.5) is 0 Å². The second-order valence-electron chi connectivity index (χ2n) is 11.4. The average Bonchev–Trinajstić information content (AvgIpc) is 2.90. The van der Waals surface area contributed by atoms with Gasteiger partial charge in [0.1, 0.15) is 0 Å². The summed E-state index contributed by atoms with van der Waals surface area (Å²) in [5.41, 5.74) is 1.96. The highest BCUT2D eigenvalue weighted by molar-refractivity contribution is 5.13. The fourth-order valence-corrected chi connectivity index (χ4v) is 8.98. The predicted molar refractivity (Wildman–Crippen MR) is 112 cm³/mol. The molecule has 4 aliphatic carbocycles. The zero-order valence-corrected chi connectivity index (χ0v) is 18.2. The molecule has 4 aliphatic rings. The molecule has 7 atom stereocenters. The molecule has 0 bridgehead atoms. The van der Waals surface area contributed by atoms with Crippen molar-refractivity contribution in [2.45, 2.75) is 104 Å². The quantitative estimate of drug-likeness (QED) is 0.531. The monoisotopic (exact) mass is 359 g/mol. The van der Waals surface area contributed by atoms with Crippen LogP contribution in [0.25, 0.3) is 0 Å². The van der Waals surface area contributed by atoms with Crippen LogP contribution < -0.4 is 5.32 Å². The van der Waals surface area contributed by atoms with Gasteiger partial charge in [0.25, 0.3) is 0 Å². The fourth-order valence-electron chi connectivity index (χ4n) is 8.98. The summed E-state index contributed by atoms with van der Waals surface area (Å²) in [5, 5.41) is 3.33. The summed E-state index contributed by atoms with van der Waals surface area (Å²) in [6, 6.07) is 0. The highest BCUT2D eigenvalue weighted by atomic mass is 14.8. The van der Waals surface area contributed by atoms with Gasteiger partial charge in [-0.1, -0.05) is 40.0 Å². The molecule has 4 fully saturated rings. The first-order valence-corrected chi connectivity index (χ1v) is 12.1. The Labute approximate surface area is 163 Å². The van der Waals surface area contributed by atoms with Crippen LogP contribution in [0.3, 0.4) is 0 Å². The van der Waals surface area contributed by atoms with Crippen molar-refractivity contribution in [1.82, 2.24) is 5.32 Å². The zero-order chi connectivity index (χ0) is 18.4. The van der Waals surface area contributed by atoms with E-state index in [1.807, 2.05) is 0 Å². The minimum Gasteiger partial charge on any atom is -0.320 e. The third kappa shape index (κ3) is 2.73. The molecule has 0 radical (unpaired) electrons. The molecular formula is C25H45N. The van der Waals surface area contributed by atoms with Gasteiger partial charge in [-0.3, -0.25) is 0 Å². The van der Waals surface area contributed by atoms with Gasteiger partial charge in [-0.15, -0.1) is 0 Å². The normalized spacial score (nSPS) is 50.8. The van der Waals surface area contributed by atoms with E-state index in [9.17, 15) is 0 Å². The van der Waals surface area contributed by atoms with E-state index in [1.54, 1.807) is 32.1 Å². The second-order valence-corrected chi connectivity index (χ2v) is 11.4. The van der Waals surface area contributed by atoms with Gasteiger partial charge >= 0.3 is 0 Å². The average molecular weight is 360 g/mol. The molecule has 0 aromatic carbocycles. The first kappa shape index (κ1) is 19.3. The van der Waals surface area contributed by atoms with E-state index >= 15 is 0 Å². The van der Waals surface area contributed by atoms with Gasteiger partial charge in [0.15, 0.2) is 0 Å². The summed E-state index contributed by atoms with van der Waals surface area (Å²) >= 11 is 0. The molecule has 0 spiro atoms. The lowest BCUT2D eigenvalue weighted by Crippen LogP contribution is -2.57.